The maximum atomic E-state index is 6.42. The summed E-state index contributed by atoms with van der Waals surface area (Å²) < 4.78 is 18.9. The molecule has 0 bridgehead atoms. The SMILES string of the molecule is CCCCCCCCCCOP(OCCCCCCCCCC)Oc1ccccc1CCCCCCCCC. The van der Waals surface area contributed by atoms with Crippen LogP contribution in [0, 0.1) is 0 Å². The molecule has 0 N–H and O–H groups in total. The molecule has 0 heterocycles. The molecule has 0 unspecified atom stereocenters. The molecule has 0 aliphatic heterocycles. The van der Waals surface area contributed by atoms with Gasteiger partial charge in [0.2, 0.25) is 0 Å². The van der Waals surface area contributed by atoms with Gasteiger partial charge in [0.25, 0.3) is 0 Å². The molecule has 0 saturated carbocycles. The van der Waals surface area contributed by atoms with E-state index in [1.807, 2.05) is 0 Å². The van der Waals surface area contributed by atoms with Crippen LogP contribution >= 0.6 is 8.60 Å². The lowest BCUT2D eigenvalue weighted by atomic mass is 10.0. The Balaban J connectivity index is 2.43. The van der Waals surface area contributed by atoms with E-state index in [1.165, 1.54) is 140 Å². The minimum atomic E-state index is -1.35. The van der Waals surface area contributed by atoms with Gasteiger partial charge in [-0.05, 0) is 37.3 Å². The first-order chi connectivity index (χ1) is 19.3. The van der Waals surface area contributed by atoms with Crippen LogP contribution in [0.3, 0.4) is 0 Å². The van der Waals surface area contributed by atoms with Gasteiger partial charge in [0.15, 0.2) is 0 Å². The largest absolute Gasteiger partial charge is 0.426 e. The van der Waals surface area contributed by atoms with E-state index in [4.69, 9.17) is 13.6 Å². The fourth-order valence-electron chi connectivity index (χ4n) is 4.99. The van der Waals surface area contributed by atoms with Crippen molar-refractivity contribution in [3.8, 4) is 5.75 Å². The Hall–Kier alpha value is -0.630. The average molecular weight is 565 g/mol. The van der Waals surface area contributed by atoms with Crippen LogP contribution in [0.4, 0.5) is 0 Å². The Kier molecular flexibility index (Phi) is 27.0. The van der Waals surface area contributed by atoms with E-state index in [0.717, 1.165) is 38.2 Å². The summed E-state index contributed by atoms with van der Waals surface area (Å²) in [5.41, 5.74) is 1.30. The Morgan fingerprint density at radius 2 is 0.846 bits per heavy atom. The van der Waals surface area contributed by atoms with Crippen LogP contribution in [0.15, 0.2) is 24.3 Å². The first-order valence-electron chi connectivity index (χ1n) is 17.1. The van der Waals surface area contributed by atoms with Gasteiger partial charge in [-0.1, -0.05) is 167 Å². The number of hydrogen-bond acceptors (Lipinski definition) is 3. The third-order valence-corrected chi connectivity index (χ3v) is 8.72. The van der Waals surface area contributed by atoms with Crippen molar-refractivity contribution in [2.45, 2.75) is 175 Å². The molecular formula is C35H65O3P. The van der Waals surface area contributed by atoms with Crippen LogP contribution < -0.4 is 4.52 Å². The van der Waals surface area contributed by atoms with Gasteiger partial charge in [-0.3, -0.25) is 0 Å². The molecule has 228 valence electrons. The van der Waals surface area contributed by atoms with E-state index in [9.17, 15) is 0 Å². The van der Waals surface area contributed by atoms with Gasteiger partial charge in [0, 0.05) is 0 Å². The number of hydrogen-bond donors (Lipinski definition) is 0. The molecule has 0 spiro atoms. The predicted octanol–water partition coefficient (Wildman–Crippen LogP) is 12.9. The Labute approximate surface area is 245 Å². The fourth-order valence-corrected chi connectivity index (χ4v) is 6.07. The summed E-state index contributed by atoms with van der Waals surface area (Å²) in [6.07, 6.45) is 31.3. The van der Waals surface area contributed by atoms with Crippen molar-refractivity contribution in [1.29, 1.82) is 0 Å². The van der Waals surface area contributed by atoms with Gasteiger partial charge in [-0.25, -0.2) is 0 Å². The summed E-state index contributed by atoms with van der Waals surface area (Å²) in [5.74, 6) is 0.960. The van der Waals surface area contributed by atoms with Crippen LogP contribution in [0.5, 0.6) is 5.75 Å². The highest BCUT2D eigenvalue weighted by Crippen LogP contribution is 2.42. The third kappa shape index (κ3) is 22.7. The number of para-hydroxylation sites is 1. The van der Waals surface area contributed by atoms with Crippen molar-refractivity contribution in [3.05, 3.63) is 29.8 Å². The van der Waals surface area contributed by atoms with Crippen LogP contribution in [-0.4, -0.2) is 13.2 Å². The summed E-state index contributed by atoms with van der Waals surface area (Å²) in [4.78, 5) is 0. The second-order valence-electron chi connectivity index (χ2n) is 11.4. The van der Waals surface area contributed by atoms with Crippen molar-refractivity contribution in [3.63, 3.8) is 0 Å². The maximum Gasteiger partial charge on any atom is 0.397 e. The van der Waals surface area contributed by atoms with Crippen molar-refractivity contribution >= 4 is 8.60 Å². The van der Waals surface area contributed by atoms with Crippen molar-refractivity contribution in [2.24, 2.45) is 0 Å². The summed E-state index contributed by atoms with van der Waals surface area (Å²) in [6, 6.07) is 8.53. The molecule has 0 aromatic heterocycles. The zero-order valence-electron chi connectivity index (χ0n) is 26.4. The normalized spacial score (nSPS) is 11.5. The molecule has 0 aliphatic carbocycles. The Morgan fingerprint density at radius 1 is 0.462 bits per heavy atom. The summed E-state index contributed by atoms with van der Waals surface area (Å²) in [7, 11) is -1.35. The molecule has 0 saturated heterocycles. The molecule has 4 heteroatoms. The van der Waals surface area contributed by atoms with Crippen molar-refractivity contribution < 1.29 is 13.6 Å². The molecule has 0 amide bonds. The van der Waals surface area contributed by atoms with E-state index in [0.29, 0.717) is 0 Å². The van der Waals surface area contributed by atoms with E-state index in [2.05, 4.69) is 45.0 Å². The first kappa shape index (κ1) is 36.4. The van der Waals surface area contributed by atoms with Crippen molar-refractivity contribution in [1.82, 2.24) is 0 Å². The fraction of sp³-hybridized carbons (Fsp3) is 0.829. The number of unbranched alkanes of at least 4 members (excludes halogenated alkanes) is 20. The molecule has 1 rings (SSSR count). The van der Waals surface area contributed by atoms with E-state index in [-0.39, 0.29) is 0 Å². The highest BCUT2D eigenvalue weighted by Gasteiger charge is 2.17. The van der Waals surface area contributed by atoms with Crippen LogP contribution in [-0.2, 0) is 15.5 Å². The van der Waals surface area contributed by atoms with Gasteiger partial charge in [0.1, 0.15) is 5.75 Å². The van der Waals surface area contributed by atoms with Gasteiger partial charge >= 0.3 is 8.60 Å². The predicted molar refractivity (Wildman–Crippen MR) is 173 cm³/mol. The summed E-state index contributed by atoms with van der Waals surface area (Å²) in [6.45, 7) is 8.31. The lowest BCUT2D eigenvalue weighted by molar-refractivity contribution is 0.198. The molecule has 0 fully saturated rings. The molecular weight excluding hydrogens is 499 g/mol. The molecule has 3 nitrogen and oxygen atoms in total. The molecule has 1 aromatic carbocycles. The zero-order chi connectivity index (χ0) is 28.1. The smallest absolute Gasteiger partial charge is 0.397 e. The van der Waals surface area contributed by atoms with Gasteiger partial charge in [-0.15, -0.1) is 0 Å². The third-order valence-electron chi connectivity index (χ3n) is 7.58. The van der Waals surface area contributed by atoms with E-state index < -0.39 is 8.60 Å². The lowest BCUT2D eigenvalue weighted by Crippen LogP contribution is -2.02. The van der Waals surface area contributed by atoms with E-state index in [1.54, 1.807) is 0 Å². The molecule has 0 radical (unpaired) electrons. The molecule has 1 aromatic rings. The zero-order valence-corrected chi connectivity index (χ0v) is 27.3. The molecule has 0 atom stereocenters. The lowest BCUT2D eigenvalue weighted by Gasteiger charge is -2.19. The highest BCUT2D eigenvalue weighted by atomic mass is 31.2. The Bertz CT molecular complexity index is 602. The van der Waals surface area contributed by atoms with Gasteiger partial charge in [0.05, 0.1) is 13.2 Å². The topological polar surface area (TPSA) is 27.7 Å². The second-order valence-corrected chi connectivity index (χ2v) is 12.6. The molecule has 39 heavy (non-hydrogen) atoms. The quantitative estimate of drug-likeness (QED) is 0.0687. The Morgan fingerprint density at radius 3 is 1.31 bits per heavy atom. The highest BCUT2D eigenvalue weighted by molar-refractivity contribution is 7.42. The minimum absolute atomic E-state index is 0.734. The van der Waals surface area contributed by atoms with Crippen LogP contribution in [0.2, 0.25) is 0 Å². The number of rotatable bonds is 30. The monoisotopic (exact) mass is 564 g/mol. The van der Waals surface area contributed by atoms with E-state index >= 15 is 0 Å². The average Bonchev–Trinajstić information content (AvgIpc) is 2.95. The number of benzene rings is 1. The minimum Gasteiger partial charge on any atom is -0.426 e. The van der Waals surface area contributed by atoms with Crippen LogP contribution in [0.25, 0.3) is 0 Å². The van der Waals surface area contributed by atoms with Crippen molar-refractivity contribution in [2.75, 3.05) is 13.2 Å². The standard InChI is InChI=1S/C35H65O3P/c1-4-7-10-13-16-19-22-27-32-36-39(37-33-28-23-20-17-14-11-8-5-2)38-35-31-26-25-30-34(35)29-24-21-18-15-12-9-6-3/h25-26,30-31H,4-24,27-29,32-33H2,1-3H3. The molecule has 0 aliphatic rings. The number of aryl methyl sites for hydroxylation is 1. The van der Waals surface area contributed by atoms with Crippen LogP contribution in [0.1, 0.15) is 174 Å². The van der Waals surface area contributed by atoms with Gasteiger partial charge < -0.3 is 13.6 Å². The maximum absolute atomic E-state index is 6.42. The second kappa shape index (κ2) is 28.9. The van der Waals surface area contributed by atoms with Gasteiger partial charge in [-0.2, -0.15) is 0 Å². The summed E-state index contributed by atoms with van der Waals surface area (Å²) in [5, 5.41) is 0. The summed E-state index contributed by atoms with van der Waals surface area (Å²) >= 11 is 0. The first-order valence-corrected chi connectivity index (χ1v) is 18.2.